The molecule has 1 heterocycles. The van der Waals surface area contributed by atoms with Crippen molar-refractivity contribution in [1.82, 2.24) is 0 Å². The lowest BCUT2D eigenvalue weighted by molar-refractivity contribution is -0.342. The Balaban J connectivity index is 3.27. The standard InChI is InChI=1S/C16H22O10/c1-6-7-21-15-13(23-9(3)18)12(22-8(2)17)14(24-10(4)19)16(26-15)25-11(5)20/h6,12-16H,1,7H2,2-5H3/t12-,13-,14+,15-,16+/m1/s1. The average molecular weight is 374 g/mol. The van der Waals surface area contributed by atoms with Gasteiger partial charge in [-0.1, -0.05) is 6.08 Å². The normalized spacial score (nSPS) is 27.8. The molecule has 0 aromatic heterocycles. The fourth-order valence-electron chi connectivity index (χ4n) is 2.29. The van der Waals surface area contributed by atoms with E-state index in [4.69, 9.17) is 28.4 Å². The van der Waals surface area contributed by atoms with Gasteiger partial charge in [0.25, 0.3) is 0 Å². The van der Waals surface area contributed by atoms with Crippen LogP contribution in [-0.4, -0.2) is 61.4 Å². The highest BCUT2D eigenvalue weighted by molar-refractivity contribution is 5.69. The molecule has 1 fully saturated rings. The summed E-state index contributed by atoms with van der Waals surface area (Å²) in [5, 5.41) is 0. The Hall–Kier alpha value is -2.46. The molecular formula is C16H22O10. The quantitative estimate of drug-likeness (QED) is 0.347. The van der Waals surface area contributed by atoms with Gasteiger partial charge in [-0.2, -0.15) is 0 Å². The zero-order valence-electron chi connectivity index (χ0n) is 15.0. The van der Waals surface area contributed by atoms with Crippen molar-refractivity contribution < 1.29 is 47.6 Å². The minimum atomic E-state index is -1.44. The number of hydrogen-bond acceptors (Lipinski definition) is 10. The summed E-state index contributed by atoms with van der Waals surface area (Å²) in [7, 11) is 0. The van der Waals surface area contributed by atoms with Crippen molar-refractivity contribution in [3.63, 3.8) is 0 Å². The van der Waals surface area contributed by atoms with Crippen LogP contribution in [0.2, 0.25) is 0 Å². The van der Waals surface area contributed by atoms with Crippen molar-refractivity contribution in [1.29, 1.82) is 0 Å². The molecule has 1 saturated heterocycles. The molecule has 1 aliphatic heterocycles. The van der Waals surface area contributed by atoms with E-state index in [0.717, 1.165) is 27.7 Å². The summed E-state index contributed by atoms with van der Waals surface area (Å²) >= 11 is 0. The monoisotopic (exact) mass is 374 g/mol. The number of ether oxygens (including phenoxy) is 6. The first-order chi connectivity index (χ1) is 12.1. The Bertz CT molecular complexity index is 557. The van der Waals surface area contributed by atoms with E-state index < -0.39 is 54.8 Å². The van der Waals surface area contributed by atoms with E-state index in [-0.39, 0.29) is 6.61 Å². The van der Waals surface area contributed by atoms with Gasteiger partial charge in [0.05, 0.1) is 6.61 Å². The molecule has 10 nitrogen and oxygen atoms in total. The molecule has 0 radical (unpaired) electrons. The Morgan fingerprint density at radius 2 is 1.19 bits per heavy atom. The van der Waals surface area contributed by atoms with E-state index in [1.807, 2.05) is 0 Å². The van der Waals surface area contributed by atoms with Crippen LogP contribution in [-0.2, 0) is 47.6 Å². The van der Waals surface area contributed by atoms with Crippen molar-refractivity contribution >= 4 is 23.9 Å². The molecule has 0 bridgehead atoms. The van der Waals surface area contributed by atoms with Crippen LogP contribution in [0.4, 0.5) is 0 Å². The van der Waals surface area contributed by atoms with Gasteiger partial charge in [-0.25, -0.2) is 0 Å². The van der Waals surface area contributed by atoms with Gasteiger partial charge in [0.1, 0.15) is 0 Å². The van der Waals surface area contributed by atoms with Crippen LogP contribution in [0.15, 0.2) is 12.7 Å². The second-order valence-electron chi connectivity index (χ2n) is 5.33. The molecule has 0 spiro atoms. The molecule has 0 aliphatic carbocycles. The lowest BCUT2D eigenvalue weighted by Crippen LogP contribution is -2.62. The molecule has 0 amide bonds. The predicted molar refractivity (Wildman–Crippen MR) is 83.2 cm³/mol. The third-order valence-electron chi connectivity index (χ3n) is 3.02. The molecule has 1 aliphatic rings. The van der Waals surface area contributed by atoms with Crippen molar-refractivity contribution in [2.75, 3.05) is 6.61 Å². The summed E-state index contributed by atoms with van der Waals surface area (Å²) in [5.41, 5.74) is 0. The van der Waals surface area contributed by atoms with Gasteiger partial charge >= 0.3 is 23.9 Å². The lowest BCUT2D eigenvalue weighted by atomic mass is 10.0. The van der Waals surface area contributed by atoms with Gasteiger partial charge in [0, 0.05) is 27.7 Å². The predicted octanol–water partition coefficient (Wildman–Crippen LogP) is 0.230. The third kappa shape index (κ3) is 6.45. The maximum Gasteiger partial charge on any atom is 0.305 e. The largest absolute Gasteiger partial charge is 0.454 e. The SMILES string of the molecule is C=CCO[C@@H]1O[C@H](OC(C)=O)[C@@H](OC(C)=O)[C@H](OC(C)=O)[C@H]1OC(C)=O. The zero-order valence-corrected chi connectivity index (χ0v) is 15.0. The summed E-state index contributed by atoms with van der Waals surface area (Å²) in [6.45, 7) is 7.97. The molecule has 0 aromatic rings. The van der Waals surface area contributed by atoms with Crippen LogP contribution in [0, 0.1) is 0 Å². The fraction of sp³-hybridized carbons (Fsp3) is 0.625. The van der Waals surface area contributed by atoms with Crippen LogP contribution in [0.5, 0.6) is 0 Å². The number of esters is 4. The maximum atomic E-state index is 11.5. The second-order valence-corrected chi connectivity index (χ2v) is 5.33. The van der Waals surface area contributed by atoms with Crippen LogP contribution >= 0.6 is 0 Å². The third-order valence-corrected chi connectivity index (χ3v) is 3.02. The van der Waals surface area contributed by atoms with Crippen molar-refractivity contribution in [2.24, 2.45) is 0 Å². The fourth-order valence-corrected chi connectivity index (χ4v) is 2.29. The molecule has 26 heavy (non-hydrogen) atoms. The molecule has 146 valence electrons. The Morgan fingerprint density at radius 1 is 0.769 bits per heavy atom. The zero-order chi connectivity index (χ0) is 19.9. The van der Waals surface area contributed by atoms with Crippen molar-refractivity contribution in [3.8, 4) is 0 Å². The molecule has 10 heteroatoms. The first kappa shape index (κ1) is 21.6. The topological polar surface area (TPSA) is 124 Å². The minimum absolute atomic E-state index is 0.000244. The molecule has 0 N–H and O–H groups in total. The van der Waals surface area contributed by atoms with Crippen LogP contribution in [0.1, 0.15) is 27.7 Å². The summed E-state index contributed by atoms with van der Waals surface area (Å²) < 4.78 is 31.3. The Labute approximate surface area is 150 Å². The van der Waals surface area contributed by atoms with E-state index in [1.165, 1.54) is 6.08 Å². The Morgan fingerprint density at radius 3 is 1.62 bits per heavy atom. The second kappa shape index (κ2) is 9.88. The number of carbonyl (C=O) groups excluding carboxylic acids is 4. The van der Waals surface area contributed by atoms with Crippen molar-refractivity contribution in [3.05, 3.63) is 12.7 Å². The molecule has 0 aromatic carbocycles. The van der Waals surface area contributed by atoms with Gasteiger partial charge in [-0.15, -0.1) is 6.58 Å². The van der Waals surface area contributed by atoms with E-state index in [9.17, 15) is 19.2 Å². The summed E-state index contributed by atoms with van der Waals surface area (Å²) in [6, 6.07) is 0. The summed E-state index contributed by atoms with van der Waals surface area (Å²) in [6.07, 6.45) is -5.26. The maximum absolute atomic E-state index is 11.5. The van der Waals surface area contributed by atoms with Gasteiger partial charge in [-0.05, 0) is 0 Å². The first-order valence-electron chi connectivity index (χ1n) is 7.72. The van der Waals surface area contributed by atoms with Gasteiger partial charge in [-0.3, -0.25) is 19.2 Å². The van der Waals surface area contributed by atoms with Gasteiger partial charge < -0.3 is 28.4 Å². The minimum Gasteiger partial charge on any atom is -0.454 e. The highest BCUT2D eigenvalue weighted by atomic mass is 16.8. The molecule has 1 rings (SSSR count). The van der Waals surface area contributed by atoms with E-state index in [1.54, 1.807) is 0 Å². The Kier molecular flexibility index (Phi) is 8.20. The van der Waals surface area contributed by atoms with Gasteiger partial charge in [0.2, 0.25) is 18.7 Å². The molecular weight excluding hydrogens is 352 g/mol. The smallest absolute Gasteiger partial charge is 0.305 e. The first-order valence-corrected chi connectivity index (χ1v) is 7.72. The van der Waals surface area contributed by atoms with Gasteiger partial charge in [0.15, 0.2) is 12.2 Å². The molecule has 5 atom stereocenters. The van der Waals surface area contributed by atoms with Crippen LogP contribution in [0.3, 0.4) is 0 Å². The average Bonchev–Trinajstić information content (AvgIpc) is 2.49. The van der Waals surface area contributed by atoms with Crippen LogP contribution < -0.4 is 0 Å². The lowest BCUT2D eigenvalue weighted by Gasteiger charge is -2.43. The van der Waals surface area contributed by atoms with Crippen molar-refractivity contribution in [2.45, 2.75) is 58.6 Å². The van der Waals surface area contributed by atoms with Crippen LogP contribution in [0.25, 0.3) is 0 Å². The molecule has 0 saturated carbocycles. The highest BCUT2D eigenvalue weighted by Crippen LogP contribution is 2.30. The number of hydrogen-bond donors (Lipinski definition) is 0. The summed E-state index contributed by atoms with van der Waals surface area (Å²) in [4.78, 5) is 45.8. The van der Waals surface area contributed by atoms with E-state index in [0.29, 0.717) is 0 Å². The number of rotatable bonds is 7. The van der Waals surface area contributed by atoms with E-state index >= 15 is 0 Å². The molecule has 0 unspecified atom stereocenters. The highest BCUT2D eigenvalue weighted by Gasteiger charge is 2.53. The number of carbonyl (C=O) groups is 4. The summed E-state index contributed by atoms with van der Waals surface area (Å²) in [5.74, 6) is -2.94. The van der Waals surface area contributed by atoms with E-state index in [2.05, 4.69) is 6.58 Å².